The molecule has 1 aliphatic carbocycles. The van der Waals surface area contributed by atoms with Gasteiger partial charge in [-0.15, -0.1) is 11.3 Å². The minimum Gasteiger partial charge on any atom is -0.351 e. The topological polar surface area (TPSA) is 49.4 Å². The summed E-state index contributed by atoms with van der Waals surface area (Å²) in [5.41, 5.74) is -0.153. The van der Waals surface area contributed by atoms with Crippen LogP contribution in [0.3, 0.4) is 0 Å². The summed E-state index contributed by atoms with van der Waals surface area (Å²) in [6.07, 6.45) is 6.48. The van der Waals surface area contributed by atoms with Crippen LogP contribution in [-0.2, 0) is 16.0 Å². The number of para-hydroxylation sites is 1. The second-order valence-corrected chi connectivity index (χ2v) is 8.79. The van der Waals surface area contributed by atoms with E-state index < -0.39 is 5.54 Å². The quantitative estimate of drug-likeness (QED) is 0.718. The molecule has 1 aliphatic rings. The first kappa shape index (κ1) is 20.6. The van der Waals surface area contributed by atoms with E-state index in [2.05, 4.69) is 5.32 Å². The van der Waals surface area contributed by atoms with Crippen LogP contribution in [0.5, 0.6) is 0 Å². The molecule has 5 heteroatoms. The molecule has 0 spiro atoms. The Morgan fingerprint density at radius 3 is 2.43 bits per heavy atom. The van der Waals surface area contributed by atoms with Crippen molar-refractivity contribution in [2.24, 2.45) is 0 Å². The van der Waals surface area contributed by atoms with Crippen molar-refractivity contribution in [3.8, 4) is 0 Å². The maximum absolute atomic E-state index is 13.4. The van der Waals surface area contributed by atoms with Crippen LogP contribution >= 0.6 is 11.3 Å². The van der Waals surface area contributed by atoms with Gasteiger partial charge in [0.05, 0.1) is 6.42 Å². The lowest BCUT2D eigenvalue weighted by molar-refractivity contribution is -0.130. The second kappa shape index (κ2) is 9.37. The Hall–Kier alpha value is -2.14. The van der Waals surface area contributed by atoms with Gasteiger partial charge in [0.15, 0.2) is 0 Å². The zero-order valence-corrected chi connectivity index (χ0v) is 17.6. The van der Waals surface area contributed by atoms with E-state index in [1.54, 1.807) is 16.2 Å². The molecule has 1 saturated carbocycles. The van der Waals surface area contributed by atoms with Crippen molar-refractivity contribution in [1.29, 1.82) is 0 Å². The standard InChI is InChI=1S/C23H30N2O2S/c1-3-23(2,22(27)24-18-11-6-4-7-12-18)25(19-13-8-5-9-14-19)21(26)17-20-15-10-16-28-20/h5,8-10,13-16,18H,3-4,6-7,11-12,17H2,1-2H3,(H,24,27)/t23-/m0/s1. The first-order chi connectivity index (χ1) is 13.5. The molecule has 1 aromatic carbocycles. The monoisotopic (exact) mass is 398 g/mol. The van der Waals surface area contributed by atoms with Gasteiger partial charge in [-0.2, -0.15) is 0 Å². The molecule has 0 unspecified atom stereocenters. The van der Waals surface area contributed by atoms with Crippen molar-refractivity contribution in [1.82, 2.24) is 5.32 Å². The second-order valence-electron chi connectivity index (χ2n) is 7.76. The molecule has 2 amide bonds. The maximum atomic E-state index is 13.4. The number of nitrogens with zero attached hydrogens (tertiary/aromatic N) is 1. The molecular formula is C23H30N2O2S. The highest BCUT2D eigenvalue weighted by Crippen LogP contribution is 2.30. The van der Waals surface area contributed by atoms with Crippen molar-refractivity contribution in [2.75, 3.05) is 4.90 Å². The van der Waals surface area contributed by atoms with Crippen LogP contribution in [-0.4, -0.2) is 23.4 Å². The van der Waals surface area contributed by atoms with Crippen LogP contribution in [0.1, 0.15) is 57.2 Å². The van der Waals surface area contributed by atoms with Crippen LogP contribution in [0.25, 0.3) is 0 Å². The Balaban J connectivity index is 1.88. The molecule has 0 radical (unpaired) electrons. The summed E-state index contributed by atoms with van der Waals surface area (Å²) < 4.78 is 0. The van der Waals surface area contributed by atoms with Gasteiger partial charge in [0, 0.05) is 16.6 Å². The fraction of sp³-hybridized carbons (Fsp3) is 0.478. The molecule has 4 nitrogen and oxygen atoms in total. The van der Waals surface area contributed by atoms with E-state index in [-0.39, 0.29) is 17.9 Å². The van der Waals surface area contributed by atoms with E-state index in [9.17, 15) is 9.59 Å². The number of anilines is 1. The van der Waals surface area contributed by atoms with Gasteiger partial charge in [-0.3, -0.25) is 14.5 Å². The third-order valence-corrected chi connectivity index (χ3v) is 6.66. The van der Waals surface area contributed by atoms with Crippen molar-refractivity contribution >= 4 is 28.8 Å². The Labute approximate surface area is 172 Å². The van der Waals surface area contributed by atoms with Gasteiger partial charge < -0.3 is 5.32 Å². The normalized spacial score (nSPS) is 16.9. The van der Waals surface area contributed by atoms with Crippen LogP contribution in [0.15, 0.2) is 47.8 Å². The number of hydrogen-bond donors (Lipinski definition) is 1. The third kappa shape index (κ3) is 4.64. The average Bonchev–Trinajstić information content (AvgIpc) is 3.22. The molecule has 3 rings (SSSR count). The highest BCUT2D eigenvalue weighted by molar-refractivity contribution is 7.10. The summed E-state index contributed by atoms with van der Waals surface area (Å²) in [6.45, 7) is 3.87. The Morgan fingerprint density at radius 1 is 1.11 bits per heavy atom. The summed E-state index contributed by atoms with van der Waals surface area (Å²) in [4.78, 5) is 29.5. The van der Waals surface area contributed by atoms with Gasteiger partial charge in [0.2, 0.25) is 11.8 Å². The summed E-state index contributed by atoms with van der Waals surface area (Å²) in [5, 5.41) is 5.22. The van der Waals surface area contributed by atoms with E-state index in [1.807, 2.05) is 61.7 Å². The zero-order chi connectivity index (χ0) is 20.0. The minimum absolute atomic E-state index is 0.0446. The van der Waals surface area contributed by atoms with Crippen LogP contribution in [0.2, 0.25) is 0 Å². The molecule has 0 saturated heterocycles. The Morgan fingerprint density at radius 2 is 1.82 bits per heavy atom. The number of benzene rings is 1. The molecule has 1 atom stereocenters. The van der Waals surface area contributed by atoms with Crippen molar-refractivity contribution in [3.63, 3.8) is 0 Å². The highest BCUT2D eigenvalue weighted by Gasteiger charge is 2.42. The third-order valence-electron chi connectivity index (χ3n) is 5.78. The van der Waals surface area contributed by atoms with Gasteiger partial charge in [0.25, 0.3) is 0 Å². The first-order valence-electron chi connectivity index (χ1n) is 10.3. The Kier molecular flexibility index (Phi) is 6.89. The van der Waals surface area contributed by atoms with E-state index in [0.717, 1.165) is 36.2 Å². The smallest absolute Gasteiger partial charge is 0.246 e. The lowest BCUT2D eigenvalue weighted by Crippen LogP contribution is -2.61. The van der Waals surface area contributed by atoms with Gasteiger partial charge in [0.1, 0.15) is 5.54 Å². The zero-order valence-electron chi connectivity index (χ0n) is 16.8. The van der Waals surface area contributed by atoms with E-state index in [0.29, 0.717) is 12.8 Å². The van der Waals surface area contributed by atoms with Crippen molar-refractivity contribution in [2.45, 2.75) is 70.4 Å². The lowest BCUT2D eigenvalue weighted by Gasteiger charge is -2.41. The predicted molar refractivity (Wildman–Crippen MR) is 116 cm³/mol. The molecular weight excluding hydrogens is 368 g/mol. The maximum Gasteiger partial charge on any atom is 0.246 e. The first-order valence-corrected chi connectivity index (χ1v) is 11.1. The molecule has 0 aliphatic heterocycles. The fourth-order valence-corrected chi connectivity index (χ4v) is 4.63. The van der Waals surface area contributed by atoms with Gasteiger partial charge in [-0.05, 0) is 49.8 Å². The summed E-state index contributed by atoms with van der Waals surface area (Å²) in [7, 11) is 0. The average molecular weight is 399 g/mol. The molecule has 2 aromatic rings. The van der Waals surface area contributed by atoms with Gasteiger partial charge in [-0.1, -0.05) is 50.5 Å². The number of carbonyl (C=O) groups excluding carboxylic acids is 2. The molecule has 1 N–H and O–H groups in total. The molecule has 1 aromatic heterocycles. The largest absolute Gasteiger partial charge is 0.351 e. The van der Waals surface area contributed by atoms with E-state index in [1.165, 1.54) is 6.42 Å². The van der Waals surface area contributed by atoms with E-state index in [4.69, 9.17) is 0 Å². The number of thiophene rings is 1. The van der Waals surface area contributed by atoms with Gasteiger partial charge >= 0.3 is 0 Å². The molecule has 1 fully saturated rings. The predicted octanol–water partition coefficient (Wildman–Crippen LogP) is 4.94. The number of amides is 2. The van der Waals surface area contributed by atoms with Crippen LogP contribution in [0.4, 0.5) is 5.69 Å². The SMILES string of the molecule is CC[C@@](C)(C(=O)NC1CCCCC1)N(C(=O)Cc1cccs1)c1ccccc1. The number of carbonyl (C=O) groups is 2. The van der Waals surface area contributed by atoms with Crippen LogP contribution in [0, 0.1) is 0 Å². The highest BCUT2D eigenvalue weighted by atomic mass is 32.1. The lowest BCUT2D eigenvalue weighted by atomic mass is 9.90. The van der Waals surface area contributed by atoms with Gasteiger partial charge in [-0.25, -0.2) is 0 Å². The number of hydrogen-bond acceptors (Lipinski definition) is 3. The fourth-order valence-electron chi connectivity index (χ4n) is 3.93. The van der Waals surface area contributed by atoms with Crippen molar-refractivity contribution < 1.29 is 9.59 Å². The molecule has 150 valence electrons. The number of nitrogens with one attached hydrogen (secondary N) is 1. The Bertz CT molecular complexity index is 769. The summed E-state index contributed by atoms with van der Waals surface area (Å²) >= 11 is 1.57. The molecule has 0 bridgehead atoms. The number of rotatable bonds is 7. The van der Waals surface area contributed by atoms with Crippen molar-refractivity contribution in [3.05, 3.63) is 52.7 Å². The van der Waals surface area contributed by atoms with Crippen LogP contribution < -0.4 is 10.2 Å². The summed E-state index contributed by atoms with van der Waals surface area (Å²) in [6, 6.07) is 13.7. The summed E-state index contributed by atoms with van der Waals surface area (Å²) in [5.74, 6) is -0.0953. The molecule has 28 heavy (non-hydrogen) atoms. The minimum atomic E-state index is -0.923. The molecule has 1 heterocycles. The van der Waals surface area contributed by atoms with E-state index >= 15 is 0 Å².